The number of halogens is 1. The number of nitrogens with zero attached hydrogens (tertiary/aromatic N) is 2. The third-order valence-electron chi connectivity index (χ3n) is 3.52. The van der Waals surface area contributed by atoms with Gasteiger partial charge in [-0.05, 0) is 31.0 Å². The quantitative estimate of drug-likeness (QED) is 0.409. The molecule has 0 saturated heterocycles. The van der Waals surface area contributed by atoms with Crippen LogP contribution in [0.2, 0.25) is 5.02 Å². The number of amides is 1. The topological polar surface area (TPSA) is 73.2 Å². The molecule has 1 aromatic heterocycles. The Morgan fingerprint density at radius 3 is 2.96 bits per heavy atom. The van der Waals surface area contributed by atoms with E-state index < -0.39 is 0 Å². The van der Waals surface area contributed by atoms with Crippen LogP contribution < -0.4 is 10.9 Å². The molecule has 1 amide bonds. The Morgan fingerprint density at radius 1 is 1.44 bits per heavy atom. The minimum Gasteiger partial charge on any atom is -0.385 e. The fraction of sp³-hybridized carbons (Fsp3) is 0.471. The second-order valence-corrected chi connectivity index (χ2v) is 6.88. The lowest BCUT2D eigenvalue weighted by atomic mass is 10.2. The number of carbonyl (C=O) groups excluding carboxylic acids is 1. The maximum Gasteiger partial charge on any atom is 0.262 e. The first-order valence-electron chi connectivity index (χ1n) is 8.15. The van der Waals surface area contributed by atoms with Crippen LogP contribution in [0.15, 0.2) is 28.2 Å². The van der Waals surface area contributed by atoms with Crippen molar-refractivity contribution in [2.24, 2.45) is 0 Å². The number of hydrogen-bond acceptors (Lipinski definition) is 5. The van der Waals surface area contributed by atoms with Crippen LogP contribution in [0.1, 0.15) is 19.8 Å². The Kier molecular flexibility index (Phi) is 7.74. The van der Waals surface area contributed by atoms with Gasteiger partial charge in [0.1, 0.15) is 0 Å². The molecule has 0 aliphatic carbocycles. The number of thioether (sulfide) groups is 1. The lowest BCUT2D eigenvalue weighted by Crippen LogP contribution is -2.27. The van der Waals surface area contributed by atoms with Crippen molar-refractivity contribution in [3.8, 4) is 0 Å². The molecule has 1 heterocycles. The largest absolute Gasteiger partial charge is 0.385 e. The smallest absolute Gasteiger partial charge is 0.262 e. The van der Waals surface area contributed by atoms with E-state index in [0.29, 0.717) is 47.2 Å². The fourth-order valence-electron chi connectivity index (χ4n) is 2.29. The molecule has 1 aromatic carbocycles. The highest BCUT2D eigenvalue weighted by molar-refractivity contribution is 7.99. The van der Waals surface area contributed by atoms with Gasteiger partial charge in [-0.25, -0.2) is 4.98 Å². The number of nitrogens with one attached hydrogen (secondary N) is 1. The van der Waals surface area contributed by atoms with E-state index in [2.05, 4.69) is 10.3 Å². The first kappa shape index (κ1) is 19.8. The first-order valence-corrected chi connectivity index (χ1v) is 9.51. The number of hydrogen-bond donors (Lipinski definition) is 1. The predicted octanol–water partition coefficient (Wildman–Crippen LogP) is 2.70. The highest BCUT2D eigenvalue weighted by Crippen LogP contribution is 2.20. The highest BCUT2D eigenvalue weighted by Gasteiger charge is 2.13. The molecule has 0 radical (unpaired) electrons. The Bertz CT molecular complexity index is 795. The summed E-state index contributed by atoms with van der Waals surface area (Å²) < 4.78 is 6.67. The summed E-state index contributed by atoms with van der Waals surface area (Å²) in [7, 11) is 1.62. The fourth-order valence-corrected chi connectivity index (χ4v) is 3.32. The molecular formula is C17H22ClN3O3S. The van der Waals surface area contributed by atoms with Gasteiger partial charge in [-0.1, -0.05) is 30.3 Å². The van der Waals surface area contributed by atoms with E-state index in [4.69, 9.17) is 16.3 Å². The summed E-state index contributed by atoms with van der Waals surface area (Å²) in [4.78, 5) is 29.2. The van der Waals surface area contributed by atoms with Gasteiger partial charge in [0.15, 0.2) is 5.16 Å². The zero-order valence-corrected chi connectivity index (χ0v) is 16.0. The van der Waals surface area contributed by atoms with Crippen molar-refractivity contribution in [1.29, 1.82) is 0 Å². The van der Waals surface area contributed by atoms with E-state index in [0.717, 1.165) is 6.42 Å². The zero-order valence-electron chi connectivity index (χ0n) is 14.4. The summed E-state index contributed by atoms with van der Waals surface area (Å²) in [5.41, 5.74) is 0.409. The number of carbonyl (C=O) groups is 1. The number of benzene rings is 1. The molecule has 0 saturated carbocycles. The van der Waals surface area contributed by atoms with E-state index in [9.17, 15) is 9.59 Å². The number of fused-ring (bicyclic) bond motifs is 1. The van der Waals surface area contributed by atoms with Crippen LogP contribution in [-0.4, -0.2) is 41.5 Å². The van der Waals surface area contributed by atoms with Gasteiger partial charge in [0.05, 0.1) is 16.7 Å². The van der Waals surface area contributed by atoms with E-state index >= 15 is 0 Å². The van der Waals surface area contributed by atoms with Crippen molar-refractivity contribution >= 4 is 40.2 Å². The molecular weight excluding hydrogens is 362 g/mol. The van der Waals surface area contributed by atoms with Gasteiger partial charge >= 0.3 is 0 Å². The van der Waals surface area contributed by atoms with E-state index in [-0.39, 0.29) is 17.2 Å². The average Bonchev–Trinajstić information content (AvgIpc) is 2.60. The van der Waals surface area contributed by atoms with Crippen LogP contribution in [0.25, 0.3) is 10.9 Å². The molecule has 2 rings (SSSR count). The lowest BCUT2D eigenvalue weighted by molar-refractivity contribution is -0.118. The molecule has 0 unspecified atom stereocenters. The zero-order chi connectivity index (χ0) is 18.2. The van der Waals surface area contributed by atoms with Gasteiger partial charge in [0.2, 0.25) is 5.91 Å². The molecule has 2 aromatic rings. The van der Waals surface area contributed by atoms with Crippen LogP contribution in [0, 0.1) is 0 Å². The molecule has 8 heteroatoms. The summed E-state index contributed by atoms with van der Waals surface area (Å²) in [6, 6.07) is 5.03. The molecule has 6 nitrogen and oxygen atoms in total. The van der Waals surface area contributed by atoms with Crippen LogP contribution >= 0.6 is 23.4 Å². The van der Waals surface area contributed by atoms with Crippen molar-refractivity contribution in [2.45, 2.75) is 31.5 Å². The highest BCUT2D eigenvalue weighted by atomic mass is 35.5. The summed E-state index contributed by atoms with van der Waals surface area (Å²) in [5.74, 6) is 0.138. The SMILES string of the molecule is CCCNC(=O)CSc1nc2cc(Cl)ccc2c(=O)n1CCCOC. The predicted molar refractivity (Wildman–Crippen MR) is 102 cm³/mol. The van der Waals surface area contributed by atoms with E-state index in [1.54, 1.807) is 29.9 Å². The molecule has 0 fully saturated rings. The Labute approximate surface area is 155 Å². The Hall–Kier alpha value is -1.57. The third-order valence-corrected chi connectivity index (χ3v) is 4.73. The molecule has 0 aliphatic rings. The molecule has 25 heavy (non-hydrogen) atoms. The van der Waals surface area contributed by atoms with Crippen LogP contribution in [-0.2, 0) is 16.1 Å². The number of aromatic nitrogens is 2. The van der Waals surface area contributed by atoms with Crippen LogP contribution in [0.5, 0.6) is 0 Å². The molecule has 0 spiro atoms. The van der Waals surface area contributed by atoms with Crippen LogP contribution in [0.3, 0.4) is 0 Å². The average molecular weight is 384 g/mol. The molecule has 0 aliphatic heterocycles. The van der Waals surface area contributed by atoms with Gasteiger partial charge in [-0.3, -0.25) is 14.2 Å². The minimum absolute atomic E-state index is 0.0734. The summed E-state index contributed by atoms with van der Waals surface area (Å²) in [6.07, 6.45) is 1.57. The molecule has 0 atom stereocenters. The second kappa shape index (κ2) is 9.79. The maximum atomic E-state index is 12.8. The molecule has 0 bridgehead atoms. The van der Waals surface area contributed by atoms with E-state index in [1.807, 2.05) is 6.92 Å². The van der Waals surface area contributed by atoms with Gasteiger partial charge in [0, 0.05) is 31.8 Å². The van der Waals surface area contributed by atoms with Crippen molar-refractivity contribution in [3.63, 3.8) is 0 Å². The number of rotatable bonds is 9. The first-order chi connectivity index (χ1) is 12.1. The summed E-state index contributed by atoms with van der Waals surface area (Å²) in [6.45, 7) is 3.67. The number of methoxy groups -OCH3 is 1. The standard InChI is InChI=1S/C17H22ClN3O3S/c1-3-7-19-15(22)11-25-17-20-14-10-12(18)5-6-13(14)16(23)21(17)8-4-9-24-2/h5-6,10H,3-4,7-9,11H2,1-2H3,(H,19,22). The second-order valence-electron chi connectivity index (χ2n) is 5.50. The summed E-state index contributed by atoms with van der Waals surface area (Å²) >= 11 is 7.27. The number of ether oxygens (including phenoxy) is 1. The molecule has 136 valence electrons. The van der Waals surface area contributed by atoms with Crippen molar-refractivity contribution in [2.75, 3.05) is 26.0 Å². The van der Waals surface area contributed by atoms with Crippen molar-refractivity contribution < 1.29 is 9.53 Å². The lowest BCUT2D eigenvalue weighted by Gasteiger charge is -2.13. The minimum atomic E-state index is -0.130. The molecule has 1 N–H and O–H groups in total. The van der Waals surface area contributed by atoms with Gasteiger partial charge in [-0.15, -0.1) is 0 Å². The normalized spacial score (nSPS) is 11.0. The van der Waals surface area contributed by atoms with Crippen molar-refractivity contribution in [1.82, 2.24) is 14.9 Å². The summed E-state index contributed by atoms with van der Waals surface area (Å²) in [5, 5.41) is 4.37. The van der Waals surface area contributed by atoms with Crippen molar-refractivity contribution in [3.05, 3.63) is 33.6 Å². The Balaban J connectivity index is 2.31. The van der Waals surface area contributed by atoms with Gasteiger partial charge in [-0.2, -0.15) is 0 Å². The third kappa shape index (κ3) is 5.45. The van der Waals surface area contributed by atoms with Gasteiger partial charge in [0.25, 0.3) is 5.56 Å². The monoisotopic (exact) mass is 383 g/mol. The maximum absolute atomic E-state index is 12.8. The van der Waals surface area contributed by atoms with E-state index in [1.165, 1.54) is 11.8 Å². The van der Waals surface area contributed by atoms with Gasteiger partial charge < -0.3 is 10.1 Å². The Morgan fingerprint density at radius 2 is 2.24 bits per heavy atom. The van der Waals surface area contributed by atoms with Crippen LogP contribution in [0.4, 0.5) is 0 Å².